The molecule has 0 aliphatic heterocycles. The number of carbonyl (C=O) groups excluding carboxylic acids is 1. The maximum absolute atomic E-state index is 11.5. The molecular weight excluding hydrogens is 338 g/mol. The summed E-state index contributed by atoms with van der Waals surface area (Å²) in [5, 5.41) is 12.7. The van der Waals surface area contributed by atoms with Crippen molar-refractivity contribution >= 4 is 11.7 Å². The molecule has 6 heteroatoms. The number of nitriles is 1. The number of hydrogen-bond donors (Lipinski definition) is 1. The van der Waals surface area contributed by atoms with Crippen LogP contribution in [-0.4, -0.2) is 26.9 Å². The number of aromatic nitrogens is 3. The molecule has 2 heterocycles. The summed E-state index contributed by atoms with van der Waals surface area (Å²) >= 11 is 0. The van der Waals surface area contributed by atoms with Crippen molar-refractivity contribution in [1.29, 1.82) is 5.26 Å². The first-order valence-electron chi connectivity index (χ1n) is 9.69. The van der Waals surface area contributed by atoms with Gasteiger partial charge in [0.1, 0.15) is 11.9 Å². The molecule has 0 aromatic carbocycles. The molecule has 1 N–H and O–H groups in total. The number of nitrogens with zero attached hydrogens (tertiary/aromatic N) is 4. The number of rotatable bonds is 7. The molecule has 6 nitrogen and oxygen atoms in total. The zero-order valence-corrected chi connectivity index (χ0v) is 16.1. The SMILES string of the molecule is CC(=O)C1CCC(Cc2nc(NCCn3cccc3C)ncc2C#N)CC1. The minimum Gasteiger partial charge on any atom is -0.352 e. The molecule has 0 saturated heterocycles. The Morgan fingerprint density at radius 2 is 2.15 bits per heavy atom. The van der Waals surface area contributed by atoms with Crippen LogP contribution in [0.25, 0.3) is 0 Å². The Kier molecular flexibility index (Phi) is 6.23. The highest BCUT2D eigenvalue weighted by Crippen LogP contribution is 2.31. The number of nitrogens with one attached hydrogen (secondary N) is 1. The topological polar surface area (TPSA) is 83.6 Å². The fourth-order valence-corrected chi connectivity index (χ4v) is 3.84. The molecule has 2 aromatic heterocycles. The van der Waals surface area contributed by atoms with Gasteiger partial charge >= 0.3 is 0 Å². The zero-order valence-electron chi connectivity index (χ0n) is 16.1. The van der Waals surface area contributed by atoms with E-state index in [1.807, 2.05) is 6.07 Å². The Morgan fingerprint density at radius 3 is 2.78 bits per heavy atom. The maximum atomic E-state index is 11.5. The predicted molar refractivity (Wildman–Crippen MR) is 104 cm³/mol. The van der Waals surface area contributed by atoms with Gasteiger partial charge < -0.3 is 9.88 Å². The summed E-state index contributed by atoms with van der Waals surface area (Å²) in [5.41, 5.74) is 2.59. The molecular formula is C21H27N5O. The second kappa shape index (κ2) is 8.81. The van der Waals surface area contributed by atoms with Crippen LogP contribution in [0.3, 0.4) is 0 Å². The molecule has 142 valence electrons. The highest BCUT2D eigenvalue weighted by molar-refractivity contribution is 5.78. The molecule has 1 fully saturated rings. The van der Waals surface area contributed by atoms with Crippen molar-refractivity contribution in [3.63, 3.8) is 0 Å². The van der Waals surface area contributed by atoms with Gasteiger partial charge in [0.05, 0.1) is 17.5 Å². The number of hydrogen-bond acceptors (Lipinski definition) is 5. The summed E-state index contributed by atoms with van der Waals surface area (Å²) in [4.78, 5) is 20.4. The van der Waals surface area contributed by atoms with Crippen LogP contribution in [0.5, 0.6) is 0 Å². The monoisotopic (exact) mass is 365 g/mol. The van der Waals surface area contributed by atoms with E-state index in [1.165, 1.54) is 5.69 Å². The van der Waals surface area contributed by atoms with Crippen LogP contribution in [0.2, 0.25) is 0 Å². The average Bonchev–Trinajstić information content (AvgIpc) is 3.07. The molecule has 0 bridgehead atoms. The van der Waals surface area contributed by atoms with Crippen LogP contribution in [0, 0.1) is 30.1 Å². The Balaban J connectivity index is 1.59. The molecule has 1 saturated carbocycles. The number of aryl methyl sites for hydroxylation is 1. The second-order valence-electron chi connectivity index (χ2n) is 7.47. The summed E-state index contributed by atoms with van der Waals surface area (Å²) in [5.74, 6) is 1.58. The van der Waals surface area contributed by atoms with E-state index in [2.05, 4.69) is 45.1 Å². The molecule has 27 heavy (non-hydrogen) atoms. The fraction of sp³-hybridized carbons (Fsp3) is 0.524. The van der Waals surface area contributed by atoms with E-state index in [0.717, 1.165) is 50.9 Å². The highest BCUT2D eigenvalue weighted by atomic mass is 16.1. The van der Waals surface area contributed by atoms with Crippen LogP contribution >= 0.6 is 0 Å². The van der Waals surface area contributed by atoms with Crippen molar-refractivity contribution in [2.75, 3.05) is 11.9 Å². The highest BCUT2D eigenvalue weighted by Gasteiger charge is 2.25. The minimum absolute atomic E-state index is 0.219. The quantitative estimate of drug-likeness (QED) is 0.812. The summed E-state index contributed by atoms with van der Waals surface area (Å²) in [6.45, 7) is 5.34. The molecule has 0 spiro atoms. The van der Waals surface area contributed by atoms with Gasteiger partial charge in [0.25, 0.3) is 0 Å². The number of ketones is 1. The van der Waals surface area contributed by atoms with Crippen molar-refractivity contribution in [2.24, 2.45) is 11.8 Å². The van der Waals surface area contributed by atoms with Crippen molar-refractivity contribution < 1.29 is 4.79 Å². The summed E-state index contributed by atoms with van der Waals surface area (Å²) < 4.78 is 2.17. The van der Waals surface area contributed by atoms with Crippen molar-refractivity contribution in [1.82, 2.24) is 14.5 Å². The van der Waals surface area contributed by atoms with Gasteiger partial charge in [-0.25, -0.2) is 9.97 Å². The molecule has 1 aliphatic rings. The first kappa shape index (κ1) is 19.1. The third kappa shape index (κ3) is 4.94. The van der Waals surface area contributed by atoms with Gasteiger partial charge in [-0.3, -0.25) is 4.79 Å². The van der Waals surface area contributed by atoms with Crippen LogP contribution in [0.15, 0.2) is 24.5 Å². The van der Waals surface area contributed by atoms with Crippen LogP contribution in [0.1, 0.15) is 49.6 Å². The van der Waals surface area contributed by atoms with Gasteiger partial charge in [-0.1, -0.05) is 0 Å². The lowest BCUT2D eigenvalue weighted by Crippen LogP contribution is -2.22. The summed E-state index contributed by atoms with van der Waals surface area (Å²) in [7, 11) is 0. The molecule has 0 atom stereocenters. The van der Waals surface area contributed by atoms with Gasteiger partial charge in [-0.2, -0.15) is 5.26 Å². The van der Waals surface area contributed by atoms with E-state index in [-0.39, 0.29) is 5.92 Å². The molecule has 1 aliphatic carbocycles. The van der Waals surface area contributed by atoms with Crippen molar-refractivity contribution in [2.45, 2.75) is 52.5 Å². The Hall–Kier alpha value is -2.68. The second-order valence-corrected chi connectivity index (χ2v) is 7.47. The molecule has 3 rings (SSSR count). The lowest BCUT2D eigenvalue weighted by Gasteiger charge is -2.26. The summed E-state index contributed by atoms with van der Waals surface area (Å²) in [6, 6.07) is 6.33. The van der Waals surface area contributed by atoms with E-state index in [9.17, 15) is 10.1 Å². The Morgan fingerprint density at radius 1 is 1.37 bits per heavy atom. The summed E-state index contributed by atoms with van der Waals surface area (Å²) in [6.07, 6.45) is 8.40. The van der Waals surface area contributed by atoms with E-state index in [0.29, 0.717) is 23.2 Å². The van der Waals surface area contributed by atoms with Crippen molar-refractivity contribution in [3.8, 4) is 6.07 Å². The van der Waals surface area contributed by atoms with Crippen LogP contribution < -0.4 is 5.32 Å². The van der Waals surface area contributed by atoms with Crippen LogP contribution in [0.4, 0.5) is 5.95 Å². The largest absolute Gasteiger partial charge is 0.352 e. The fourth-order valence-electron chi connectivity index (χ4n) is 3.84. The smallest absolute Gasteiger partial charge is 0.222 e. The van der Waals surface area contributed by atoms with Gasteiger partial charge in [-0.05, 0) is 64.0 Å². The van der Waals surface area contributed by atoms with Crippen molar-refractivity contribution in [3.05, 3.63) is 41.5 Å². The van der Waals surface area contributed by atoms with E-state index in [1.54, 1.807) is 13.1 Å². The number of carbonyl (C=O) groups is 1. The predicted octanol–water partition coefficient (Wildman–Crippen LogP) is 3.51. The number of anilines is 1. The minimum atomic E-state index is 0.219. The van der Waals surface area contributed by atoms with Crippen LogP contribution in [-0.2, 0) is 17.8 Å². The van der Waals surface area contributed by atoms with Gasteiger partial charge in [-0.15, -0.1) is 0 Å². The molecule has 2 aromatic rings. The number of Topliss-reactive ketones (excluding diaryl/α,β-unsaturated/α-hetero) is 1. The lowest BCUT2D eigenvalue weighted by atomic mass is 9.78. The van der Waals surface area contributed by atoms with Gasteiger partial charge in [0.2, 0.25) is 5.95 Å². The molecule has 0 amide bonds. The first-order valence-corrected chi connectivity index (χ1v) is 9.69. The molecule has 0 radical (unpaired) electrons. The lowest BCUT2D eigenvalue weighted by molar-refractivity contribution is -0.121. The van der Waals surface area contributed by atoms with E-state index in [4.69, 9.17) is 0 Å². The first-order chi connectivity index (χ1) is 13.1. The average molecular weight is 365 g/mol. The zero-order chi connectivity index (χ0) is 19.2. The standard InChI is InChI=1S/C21H27N5O/c1-15-4-3-10-26(15)11-9-23-21-24-14-19(13-22)20(25-21)12-17-5-7-18(8-6-17)16(2)27/h3-4,10,14,17-18H,5-9,11-12H2,1-2H3,(H,23,24,25). The van der Waals surface area contributed by atoms with Gasteiger partial charge in [0, 0.05) is 30.9 Å². The van der Waals surface area contributed by atoms with E-state index < -0.39 is 0 Å². The van der Waals surface area contributed by atoms with Gasteiger partial charge in [0.15, 0.2) is 0 Å². The third-order valence-electron chi connectivity index (χ3n) is 5.58. The van der Waals surface area contributed by atoms with E-state index >= 15 is 0 Å². The normalized spacial score (nSPS) is 19.4. The Labute approximate surface area is 160 Å². The third-order valence-corrected chi connectivity index (χ3v) is 5.58. The molecule has 0 unspecified atom stereocenters. The maximum Gasteiger partial charge on any atom is 0.222 e. The Bertz CT molecular complexity index is 827.